The van der Waals surface area contributed by atoms with Crippen molar-refractivity contribution in [3.63, 3.8) is 0 Å². The summed E-state index contributed by atoms with van der Waals surface area (Å²) >= 11 is 12.3. The van der Waals surface area contributed by atoms with Crippen LogP contribution in [0.2, 0.25) is 10.0 Å². The number of likely N-dealkylation sites (N-methyl/N-ethyl adjacent to an activating group) is 1. The fraction of sp³-hybridized carbons (Fsp3) is 0.667. The zero-order valence-electron chi connectivity index (χ0n) is 12.7. The Morgan fingerprint density at radius 2 is 2.19 bits per heavy atom. The molecule has 1 aromatic heterocycles. The summed E-state index contributed by atoms with van der Waals surface area (Å²) in [5.74, 6) is 1.09. The molecule has 0 radical (unpaired) electrons. The zero-order valence-corrected chi connectivity index (χ0v) is 14.2. The highest BCUT2D eigenvalue weighted by molar-refractivity contribution is 6.36. The Morgan fingerprint density at radius 3 is 2.90 bits per heavy atom. The molecule has 2 heterocycles. The van der Waals surface area contributed by atoms with E-state index in [0.717, 1.165) is 25.9 Å². The van der Waals surface area contributed by atoms with Gasteiger partial charge in [0.05, 0.1) is 5.02 Å². The minimum absolute atomic E-state index is 0.430. The van der Waals surface area contributed by atoms with Crippen LogP contribution in [0, 0.1) is 0 Å². The summed E-state index contributed by atoms with van der Waals surface area (Å²) in [6, 6.07) is 2.12. The summed E-state index contributed by atoms with van der Waals surface area (Å²) in [5, 5.41) is 4.17. The number of ether oxygens (including phenoxy) is 1. The Labute approximate surface area is 136 Å². The van der Waals surface area contributed by atoms with E-state index in [1.165, 1.54) is 12.8 Å². The van der Waals surface area contributed by atoms with Crippen molar-refractivity contribution in [1.82, 2.24) is 9.88 Å². The van der Waals surface area contributed by atoms with Crippen molar-refractivity contribution < 1.29 is 4.74 Å². The highest BCUT2D eigenvalue weighted by Crippen LogP contribution is 2.31. The number of rotatable bonds is 6. The summed E-state index contributed by atoms with van der Waals surface area (Å²) < 4.78 is 5.84. The average molecular weight is 332 g/mol. The SMILES string of the molecule is CCCNc1nc(OCC2CCCCN2C)c(Cl)cc1Cl. The molecule has 0 amide bonds. The van der Waals surface area contributed by atoms with Gasteiger partial charge in [0.1, 0.15) is 17.4 Å². The van der Waals surface area contributed by atoms with Crippen LogP contribution < -0.4 is 10.1 Å². The number of pyridine rings is 1. The van der Waals surface area contributed by atoms with Crippen molar-refractivity contribution in [1.29, 1.82) is 0 Å². The molecule has 1 saturated heterocycles. The third-order valence-corrected chi connectivity index (χ3v) is 4.33. The Bertz CT molecular complexity index is 470. The Hall–Kier alpha value is -0.710. The van der Waals surface area contributed by atoms with Gasteiger partial charge in [-0.15, -0.1) is 0 Å². The number of piperidine rings is 1. The number of hydrogen-bond donors (Lipinski definition) is 1. The van der Waals surface area contributed by atoms with Crippen LogP contribution in [-0.2, 0) is 0 Å². The van der Waals surface area contributed by atoms with Gasteiger partial charge in [0, 0.05) is 12.6 Å². The van der Waals surface area contributed by atoms with Gasteiger partial charge in [0.25, 0.3) is 0 Å². The first kappa shape index (κ1) is 16.7. The third kappa shape index (κ3) is 4.63. The van der Waals surface area contributed by atoms with Crippen LogP contribution >= 0.6 is 23.2 Å². The number of hydrogen-bond acceptors (Lipinski definition) is 4. The van der Waals surface area contributed by atoms with E-state index in [4.69, 9.17) is 27.9 Å². The molecule has 1 fully saturated rings. The predicted molar refractivity (Wildman–Crippen MR) is 88.8 cm³/mol. The summed E-state index contributed by atoms with van der Waals surface area (Å²) in [4.78, 5) is 6.74. The van der Waals surface area contributed by atoms with E-state index < -0.39 is 0 Å². The van der Waals surface area contributed by atoms with Gasteiger partial charge in [0.15, 0.2) is 0 Å². The van der Waals surface area contributed by atoms with Crippen molar-refractivity contribution in [2.24, 2.45) is 0 Å². The van der Waals surface area contributed by atoms with Crippen LogP contribution in [0.1, 0.15) is 32.6 Å². The molecule has 1 aromatic rings. The lowest BCUT2D eigenvalue weighted by Crippen LogP contribution is -2.40. The lowest BCUT2D eigenvalue weighted by molar-refractivity contribution is 0.123. The van der Waals surface area contributed by atoms with E-state index in [9.17, 15) is 0 Å². The van der Waals surface area contributed by atoms with Crippen LogP contribution in [0.15, 0.2) is 6.07 Å². The highest BCUT2D eigenvalue weighted by Gasteiger charge is 2.20. The van der Waals surface area contributed by atoms with Crippen molar-refractivity contribution >= 4 is 29.0 Å². The molecule has 0 bridgehead atoms. The van der Waals surface area contributed by atoms with Crippen LogP contribution in [0.3, 0.4) is 0 Å². The Balaban J connectivity index is 2.01. The quantitative estimate of drug-likeness (QED) is 0.852. The molecule has 6 heteroatoms. The monoisotopic (exact) mass is 331 g/mol. The molecule has 0 aliphatic carbocycles. The second-order valence-electron chi connectivity index (χ2n) is 5.47. The van der Waals surface area contributed by atoms with E-state index in [1.807, 2.05) is 0 Å². The lowest BCUT2D eigenvalue weighted by Gasteiger charge is -2.32. The van der Waals surface area contributed by atoms with E-state index in [2.05, 4.69) is 29.2 Å². The first-order valence-corrected chi connectivity index (χ1v) is 8.30. The van der Waals surface area contributed by atoms with E-state index in [1.54, 1.807) is 6.07 Å². The number of halogens is 2. The van der Waals surface area contributed by atoms with Gasteiger partial charge >= 0.3 is 0 Å². The van der Waals surface area contributed by atoms with Gasteiger partial charge in [-0.2, -0.15) is 4.98 Å². The molecule has 4 nitrogen and oxygen atoms in total. The number of nitrogens with zero attached hydrogens (tertiary/aromatic N) is 2. The molecule has 0 spiro atoms. The first-order chi connectivity index (χ1) is 10.1. The molecule has 0 aromatic carbocycles. The molecule has 1 unspecified atom stereocenters. The number of likely N-dealkylation sites (tertiary alicyclic amines) is 1. The number of anilines is 1. The minimum atomic E-state index is 0.430. The van der Waals surface area contributed by atoms with E-state index in [-0.39, 0.29) is 0 Å². The number of aromatic nitrogens is 1. The summed E-state index contributed by atoms with van der Waals surface area (Å²) in [6.45, 7) is 4.64. The highest BCUT2D eigenvalue weighted by atomic mass is 35.5. The average Bonchev–Trinajstić information content (AvgIpc) is 2.47. The Morgan fingerprint density at radius 1 is 1.38 bits per heavy atom. The predicted octanol–water partition coefficient (Wildman–Crippen LogP) is 4.07. The molecular formula is C15H23Cl2N3O. The second kappa shape index (κ2) is 8.06. The van der Waals surface area contributed by atoms with Gasteiger partial charge < -0.3 is 15.0 Å². The molecule has 2 rings (SSSR count). The maximum Gasteiger partial charge on any atom is 0.234 e. The maximum atomic E-state index is 6.18. The Kier molecular flexibility index (Phi) is 6.40. The summed E-state index contributed by atoms with van der Waals surface area (Å²) in [5.41, 5.74) is 0. The largest absolute Gasteiger partial charge is 0.475 e. The smallest absolute Gasteiger partial charge is 0.234 e. The van der Waals surface area contributed by atoms with E-state index >= 15 is 0 Å². The van der Waals surface area contributed by atoms with Crippen LogP contribution in [0.25, 0.3) is 0 Å². The van der Waals surface area contributed by atoms with E-state index in [0.29, 0.717) is 34.4 Å². The van der Waals surface area contributed by atoms with Crippen LogP contribution in [0.5, 0.6) is 5.88 Å². The zero-order chi connectivity index (χ0) is 15.2. The standard InChI is InChI=1S/C15H23Cl2N3O/c1-3-7-18-14-12(16)9-13(17)15(19-14)21-10-11-6-4-5-8-20(11)2/h9,11H,3-8,10H2,1-2H3,(H,18,19). The van der Waals surface area contributed by atoms with Gasteiger partial charge in [-0.3, -0.25) is 0 Å². The maximum absolute atomic E-state index is 6.18. The van der Waals surface area contributed by atoms with Gasteiger partial charge in [-0.05, 0) is 38.9 Å². The van der Waals surface area contributed by atoms with Crippen molar-refractivity contribution in [3.05, 3.63) is 16.1 Å². The minimum Gasteiger partial charge on any atom is -0.475 e. The molecule has 118 valence electrons. The molecule has 1 aliphatic heterocycles. The molecule has 1 N–H and O–H groups in total. The number of nitrogens with one attached hydrogen (secondary N) is 1. The van der Waals surface area contributed by atoms with Gasteiger partial charge in [-0.25, -0.2) is 0 Å². The molecular weight excluding hydrogens is 309 g/mol. The van der Waals surface area contributed by atoms with Crippen molar-refractivity contribution in [3.8, 4) is 5.88 Å². The van der Waals surface area contributed by atoms with Gasteiger partial charge in [0.2, 0.25) is 5.88 Å². The molecule has 0 saturated carbocycles. The normalized spacial score (nSPS) is 19.5. The molecule has 21 heavy (non-hydrogen) atoms. The first-order valence-electron chi connectivity index (χ1n) is 7.54. The topological polar surface area (TPSA) is 37.4 Å². The second-order valence-corrected chi connectivity index (χ2v) is 6.29. The summed E-state index contributed by atoms with van der Waals surface area (Å²) in [7, 11) is 2.14. The lowest BCUT2D eigenvalue weighted by atomic mass is 10.0. The summed E-state index contributed by atoms with van der Waals surface area (Å²) in [6.07, 6.45) is 4.67. The van der Waals surface area contributed by atoms with Crippen LogP contribution in [-0.4, -0.2) is 42.7 Å². The van der Waals surface area contributed by atoms with Crippen LogP contribution in [0.4, 0.5) is 5.82 Å². The van der Waals surface area contributed by atoms with Crippen molar-refractivity contribution in [2.45, 2.75) is 38.6 Å². The molecule has 1 atom stereocenters. The molecule has 1 aliphatic rings. The fourth-order valence-electron chi connectivity index (χ4n) is 2.45. The third-order valence-electron chi connectivity index (χ3n) is 3.77. The fourth-order valence-corrected chi connectivity index (χ4v) is 2.93. The van der Waals surface area contributed by atoms with Gasteiger partial charge in [-0.1, -0.05) is 36.5 Å². The van der Waals surface area contributed by atoms with Crippen molar-refractivity contribution in [2.75, 3.05) is 32.1 Å².